The SMILES string of the molecule is O=C(CCn1ccc(=O)[nH]c1=O)NCCOc1ccc2nnc(-c3cccc(F)c3)n2n1. The number of aryl methyl sites for hydroxylation is 1. The van der Waals surface area contributed by atoms with Crippen molar-refractivity contribution in [3.8, 4) is 17.3 Å². The first-order valence-corrected chi connectivity index (χ1v) is 9.67. The number of hydrogen-bond donors (Lipinski definition) is 2. The summed E-state index contributed by atoms with van der Waals surface area (Å²) in [6, 6.07) is 10.4. The summed E-state index contributed by atoms with van der Waals surface area (Å²) in [5.41, 5.74) is -0.0608. The summed E-state index contributed by atoms with van der Waals surface area (Å²) in [5.74, 6) is -0.0186. The maximum Gasteiger partial charge on any atom is 0.328 e. The molecule has 0 saturated carbocycles. The van der Waals surface area contributed by atoms with E-state index >= 15 is 0 Å². The number of rotatable bonds is 8. The van der Waals surface area contributed by atoms with Gasteiger partial charge in [-0.15, -0.1) is 15.3 Å². The lowest BCUT2D eigenvalue weighted by atomic mass is 10.2. The highest BCUT2D eigenvalue weighted by atomic mass is 19.1. The number of H-pyrrole nitrogens is 1. The molecule has 0 atom stereocenters. The predicted molar refractivity (Wildman–Crippen MR) is 111 cm³/mol. The number of carbonyl (C=O) groups is 1. The molecule has 0 aliphatic rings. The quantitative estimate of drug-likeness (QED) is 0.379. The van der Waals surface area contributed by atoms with Crippen LogP contribution in [0.2, 0.25) is 0 Å². The van der Waals surface area contributed by atoms with Gasteiger partial charge in [0.15, 0.2) is 11.5 Å². The number of hydrogen-bond acceptors (Lipinski definition) is 7. The second-order valence-corrected chi connectivity index (χ2v) is 6.73. The third kappa shape index (κ3) is 4.86. The molecule has 164 valence electrons. The Morgan fingerprint density at radius 1 is 1.16 bits per heavy atom. The van der Waals surface area contributed by atoms with E-state index in [0.717, 1.165) is 0 Å². The average molecular weight is 439 g/mol. The van der Waals surface area contributed by atoms with Crippen LogP contribution in [0.1, 0.15) is 6.42 Å². The molecule has 0 bridgehead atoms. The molecular weight excluding hydrogens is 421 g/mol. The Morgan fingerprint density at radius 3 is 2.84 bits per heavy atom. The number of benzene rings is 1. The van der Waals surface area contributed by atoms with E-state index in [2.05, 4.69) is 25.6 Å². The van der Waals surface area contributed by atoms with E-state index in [4.69, 9.17) is 4.74 Å². The molecular formula is C20H18FN7O4. The Balaban J connectivity index is 1.30. The van der Waals surface area contributed by atoms with Gasteiger partial charge >= 0.3 is 5.69 Å². The third-order valence-corrected chi connectivity index (χ3v) is 4.47. The Bertz CT molecular complexity index is 1380. The molecule has 12 heteroatoms. The topological polar surface area (TPSA) is 136 Å². The molecule has 2 N–H and O–H groups in total. The van der Waals surface area contributed by atoms with Gasteiger partial charge in [-0.1, -0.05) is 12.1 Å². The average Bonchev–Trinajstić information content (AvgIpc) is 3.19. The fourth-order valence-corrected chi connectivity index (χ4v) is 2.93. The van der Waals surface area contributed by atoms with Crippen LogP contribution in [0, 0.1) is 5.82 Å². The highest BCUT2D eigenvalue weighted by Crippen LogP contribution is 2.19. The lowest BCUT2D eigenvalue weighted by Crippen LogP contribution is -2.32. The number of carbonyl (C=O) groups excluding carboxylic acids is 1. The van der Waals surface area contributed by atoms with E-state index in [-0.39, 0.29) is 37.9 Å². The zero-order chi connectivity index (χ0) is 22.5. The summed E-state index contributed by atoms with van der Waals surface area (Å²) in [6.07, 6.45) is 1.40. The number of fused-ring (bicyclic) bond motifs is 1. The lowest BCUT2D eigenvalue weighted by Gasteiger charge is -2.08. The molecule has 32 heavy (non-hydrogen) atoms. The van der Waals surface area contributed by atoms with Crippen molar-refractivity contribution in [3.63, 3.8) is 0 Å². The van der Waals surface area contributed by atoms with Gasteiger partial charge in [-0.05, 0) is 18.2 Å². The van der Waals surface area contributed by atoms with E-state index in [1.165, 1.54) is 33.5 Å². The van der Waals surface area contributed by atoms with Crippen LogP contribution >= 0.6 is 0 Å². The number of amides is 1. The van der Waals surface area contributed by atoms with Gasteiger partial charge in [0.1, 0.15) is 12.4 Å². The van der Waals surface area contributed by atoms with E-state index in [9.17, 15) is 18.8 Å². The van der Waals surface area contributed by atoms with E-state index in [1.54, 1.807) is 24.3 Å². The lowest BCUT2D eigenvalue weighted by molar-refractivity contribution is -0.121. The van der Waals surface area contributed by atoms with Crippen LogP contribution < -0.4 is 21.3 Å². The van der Waals surface area contributed by atoms with Crippen LogP contribution in [0.5, 0.6) is 5.88 Å². The molecule has 0 unspecified atom stereocenters. The van der Waals surface area contributed by atoms with Crippen molar-refractivity contribution >= 4 is 11.6 Å². The Labute approximate surface area is 179 Å². The van der Waals surface area contributed by atoms with Gasteiger partial charge < -0.3 is 14.6 Å². The molecule has 1 aromatic carbocycles. The molecule has 0 fully saturated rings. The number of nitrogens with one attached hydrogen (secondary N) is 2. The van der Waals surface area contributed by atoms with E-state index in [1.807, 2.05) is 0 Å². The minimum Gasteiger partial charge on any atom is -0.475 e. The summed E-state index contributed by atoms with van der Waals surface area (Å²) in [4.78, 5) is 36.7. The Hall–Kier alpha value is -4.35. The molecule has 0 spiro atoms. The van der Waals surface area contributed by atoms with Crippen molar-refractivity contribution in [1.29, 1.82) is 0 Å². The molecule has 4 rings (SSSR count). The normalized spacial score (nSPS) is 10.9. The van der Waals surface area contributed by atoms with Gasteiger partial charge in [0, 0.05) is 36.9 Å². The molecule has 0 aliphatic heterocycles. The number of aromatic amines is 1. The standard InChI is InChI=1S/C20H18FN7O4/c21-14-3-1-2-13(12-14)19-25-24-15-4-5-18(26-28(15)19)32-11-8-22-16(29)6-9-27-10-7-17(30)23-20(27)31/h1-5,7,10,12H,6,8-9,11H2,(H,22,29)(H,23,30,31). The zero-order valence-corrected chi connectivity index (χ0v) is 16.7. The molecule has 3 aromatic heterocycles. The second kappa shape index (κ2) is 9.20. The van der Waals surface area contributed by atoms with Gasteiger partial charge in [-0.25, -0.2) is 9.18 Å². The molecule has 0 saturated heterocycles. The van der Waals surface area contributed by atoms with Gasteiger partial charge in [0.2, 0.25) is 11.8 Å². The highest BCUT2D eigenvalue weighted by Gasteiger charge is 2.11. The first-order valence-electron chi connectivity index (χ1n) is 9.67. The molecule has 0 radical (unpaired) electrons. The maximum atomic E-state index is 13.5. The van der Waals surface area contributed by atoms with Crippen LogP contribution in [0.15, 0.2) is 58.3 Å². The second-order valence-electron chi connectivity index (χ2n) is 6.73. The maximum absolute atomic E-state index is 13.5. The summed E-state index contributed by atoms with van der Waals surface area (Å²) < 4.78 is 21.8. The van der Waals surface area contributed by atoms with Crippen LogP contribution in [-0.4, -0.2) is 48.4 Å². The van der Waals surface area contributed by atoms with Crippen molar-refractivity contribution in [3.05, 3.63) is 75.3 Å². The van der Waals surface area contributed by atoms with Crippen molar-refractivity contribution in [2.45, 2.75) is 13.0 Å². The highest BCUT2D eigenvalue weighted by molar-refractivity contribution is 5.75. The van der Waals surface area contributed by atoms with Crippen molar-refractivity contribution in [2.75, 3.05) is 13.2 Å². The minimum absolute atomic E-state index is 0.0634. The zero-order valence-electron chi connectivity index (χ0n) is 16.7. The first kappa shape index (κ1) is 20.9. The fraction of sp³-hybridized carbons (Fsp3) is 0.200. The van der Waals surface area contributed by atoms with Crippen LogP contribution in [0.25, 0.3) is 17.0 Å². The number of ether oxygens (including phenoxy) is 1. The van der Waals surface area contributed by atoms with E-state index < -0.39 is 17.1 Å². The van der Waals surface area contributed by atoms with Crippen molar-refractivity contribution in [1.82, 2.24) is 34.7 Å². The van der Waals surface area contributed by atoms with Crippen molar-refractivity contribution < 1.29 is 13.9 Å². The fourth-order valence-electron chi connectivity index (χ4n) is 2.93. The monoisotopic (exact) mass is 439 g/mol. The largest absolute Gasteiger partial charge is 0.475 e. The van der Waals surface area contributed by atoms with Gasteiger partial charge in [0.05, 0.1) is 6.54 Å². The summed E-state index contributed by atoms with van der Waals surface area (Å²) in [6.45, 7) is 0.509. The smallest absolute Gasteiger partial charge is 0.328 e. The molecule has 3 heterocycles. The van der Waals surface area contributed by atoms with Crippen molar-refractivity contribution in [2.24, 2.45) is 0 Å². The van der Waals surface area contributed by atoms with Gasteiger partial charge in [0.25, 0.3) is 5.56 Å². The summed E-state index contributed by atoms with van der Waals surface area (Å²) in [7, 11) is 0. The predicted octanol–water partition coefficient (Wildman–Crippen LogP) is 0.366. The Kier molecular flexibility index (Phi) is 6.01. The van der Waals surface area contributed by atoms with Gasteiger partial charge in [-0.2, -0.15) is 4.52 Å². The molecule has 4 aromatic rings. The van der Waals surface area contributed by atoms with Crippen LogP contribution in [0.3, 0.4) is 0 Å². The van der Waals surface area contributed by atoms with E-state index in [0.29, 0.717) is 17.0 Å². The molecule has 0 aliphatic carbocycles. The number of halogens is 1. The van der Waals surface area contributed by atoms with Crippen LogP contribution in [0.4, 0.5) is 4.39 Å². The Morgan fingerprint density at radius 2 is 2.03 bits per heavy atom. The van der Waals surface area contributed by atoms with Gasteiger partial charge in [-0.3, -0.25) is 14.6 Å². The van der Waals surface area contributed by atoms with Crippen LogP contribution in [-0.2, 0) is 11.3 Å². The molecule has 1 amide bonds. The number of aromatic nitrogens is 6. The first-order chi connectivity index (χ1) is 15.5. The molecule has 11 nitrogen and oxygen atoms in total. The third-order valence-electron chi connectivity index (χ3n) is 4.47. The summed E-state index contributed by atoms with van der Waals surface area (Å²) in [5, 5.41) is 15.1. The number of nitrogens with zero attached hydrogens (tertiary/aromatic N) is 5. The summed E-state index contributed by atoms with van der Waals surface area (Å²) >= 11 is 0. The minimum atomic E-state index is -0.568.